The van der Waals surface area contributed by atoms with Gasteiger partial charge in [-0.15, -0.1) is 17.9 Å². The van der Waals surface area contributed by atoms with E-state index in [-0.39, 0.29) is 0 Å². The lowest BCUT2D eigenvalue weighted by Crippen LogP contribution is -2.03. The molecular weight excluding hydrogens is 298 g/mol. The van der Waals surface area contributed by atoms with Gasteiger partial charge in [-0.3, -0.25) is 4.98 Å². The monoisotopic (exact) mass is 321 g/mol. The first-order valence-electron chi connectivity index (χ1n) is 8.19. The third-order valence-electron chi connectivity index (χ3n) is 4.53. The van der Waals surface area contributed by atoms with E-state index in [0.717, 1.165) is 12.1 Å². The molecular formula is C21H23NS. The third kappa shape index (κ3) is 3.09. The maximum Gasteiger partial charge on any atom is 0.0807 e. The molecule has 0 fully saturated rings. The van der Waals surface area contributed by atoms with Gasteiger partial charge in [0, 0.05) is 10.9 Å². The van der Waals surface area contributed by atoms with Gasteiger partial charge in [-0.1, -0.05) is 45.0 Å². The van der Waals surface area contributed by atoms with Gasteiger partial charge in [-0.2, -0.15) is 0 Å². The molecule has 118 valence electrons. The molecule has 1 atom stereocenters. The van der Waals surface area contributed by atoms with E-state index in [2.05, 4.69) is 68.7 Å². The van der Waals surface area contributed by atoms with Crippen molar-refractivity contribution in [2.45, 2.75) is 33.1 Å². The van der Waals surface area contributed by atoms with Crippen LogP contribution in [0.15, 0.2) is 55.3 Å². The van der Waals surface area contributed by atoms with E-state index in [1.807, 2.05) is 23.6 Å². The molecule has 2 heterocycles. The lowest BCUT2D eigenvalue weighted by atomic mass is 9.87. The Morgan fingerprint density at radius 2 is 1.96 bits per heavy atom. The summed E-state index contributed by atoms with van der Waals surface area (Å²) in [7, 11) is 0. The van der Waals surface area contributed by atoms with Crippen molar-refractivity contribution in [3.8, 4) is 10.6 Å². The lowest BCUT2D eigenvalue weighted by molar-refractivity contribution is 0.540. The zero-order valence-electron chi connectivity index (χ0n) is 14.0. The summed E-state index contributed by atoms with van der Waals surface area (Å²) >= 11 is 1.86. The summed E-state index contributed by atoms with van der Waals surface area (Å²) in [4.78, 5) is 5.98. The molecule has 0 N–H and O–H groups in total. The van der Waals surface area contributed by atoms with E-state index < -0.39 is 0 Å². The maximum atomic E-state index is 4.67. The molecule has 0 aliphatic rings. The number of hydrogen-bond donors (Lipinski definition) is 0. The van der Waals surface area contributed by atoms with Crippen LogP contribution in [0.4, 0.5) is 0 Å². The molecule has 0 aliphatic carbocycles. The predicted molar refractivity (Wildman–Crippen MR) is 102 cm³/mol. The number of allylic oxidation sites excluding steroid dienone is 1. The Labute approximate surface area is 142 Å². The molecule has 2 heteroatoms. The first-order valence-corrected chi connectivity index (χ1v) is 9.01. The zero-order chi connectivity index (χ0) is 16.4. The second kappa shape index (κ2) is 6.67. The average Bonchev–Trinajstić information content (AvgIpc) is 2.94. The Bertz CT molecular complexity index is 829. The summed E-state index contributed by atoms with van der Waals surface area (Å²) in [5.74, 6) is 1.11. The van der Waals surface area contributed by atoms with Gasteiger partial charge in [0.25, 0.3) is 0 Å². The van der Waals surface area contributed by atoms with Crippen LogP contribution in [0.2, 0.25) is 0 Å². The van der Waals surface area contributed by atoms with Gasteiger partial charge in [0.1, 0.15) is 0 Å². The highest BCUT2D eigenvalue weighted by atomic mass is 32.1. The molecule has 0 saturated heterocycles. The van der Waals surface area contributed by atoms with Crippen LogP contribution in [0, 0.1) is 5.92 Å². The standard InChI is InChI=1S/C21H23NS/c1-5-8-16-11-12-22-18(13-16)21-20(15(4)14(2)3)17-9-6-7-10-19(17)23-21/h5-7,9-15H,1,8H2,2-4H3. The van der Waals surface area contributed by atoms with E-state index >= 15 is 0 Å². The molecule has 0 spiro atoms. The van der Waals surface area contributed by atoms with Crippen LogP contribution >= 0.6 is 11.3 Å². The maximum absolute atomic E-state index is 4.67. The van der Waals surface area contributed by atoms with Crippen LogP contribution in [0.5, 0.6) is 0 Å². The molecule has 3 aromatic rings. The van der Waals surface area contributed by atoms with Crippen molar-refractivity contribution < 1.29 is 0 Å². The number of nitrogens with zero attached hydrogens (tertiary/aromatic N) is 1. The molecule has 1 nitrogen and oxygen atoms in total. The number of thiophene rings is 1. The van der Waals surface area contributed by atoms with Crippen LogP contribution in [0.1, 0.15) is 37.8 Å². The molecule has 0 radical (unpaired) electrons. The molecule has 1 aromatic carbocycles. The van der Waals surface area contributed by atoms with Crippen molar-refractivity contribution >= 4 is 21.4 Å². The minimum absolute atomic E-state index is 0.506. The largest absolute Gasteiger partial charge is 0.255 e. The van der Waals surface area contributed by atoms with E-state index in [4.69, 9.17) is 0 Å². The van der Waals surface area contributed by atoms with Crippen LogP contribution < -0.4 is 0 Å². The van der Waals surface area contributed by atoms with Gasteiger partial charge >= 0.3 is 0 Å². The lowest BCUT2D eigenvalue weighted by Gasteiger charge is -2.17. The summed E-state index contributed by atoms with van der Waals surface area (Å²) in [6.07, 6.45) is 4.75. The molecule has 2 aromatic heterocycles. The molecule has 0 saturated carbocycles. The first kappa shape index (κ1) is 15.9. The average molecular weight is 321 g/mol. The van der Waals surface area contributed by atoms with Crippen molar-refractivity contribution in [2.24, 2.45) is 5.92 Å². The number of fused-ring (bicyclic) bond motifs is 1. The Balaban J connectivity index is 2.22. The van der Waals surface area contributed by atoms with Crippen molar-refractivity contribution in [2.75, 3.05) is 0 Å². The van der Waals surface area contributed by atoms with E-state index in [1.54, 1.807) is 0 Å². The molecule has 0 bridgehead atoms. The molecule has 23 heavy (non-hydrogen) atoms. The minimum atomic E-state index is 0.506. The highest BCUT2D eigenvalue weighted by Gasteiger charge is 2.21. The second-order valence-electron chi connectivity index (χ2n) is 6.42. The fraction of sp³-hybridized carbons (Fsp3) is 0.286. The smallest absolute Gasteiger partial charge is 0.0807 e. The van der Waals surface area contributed by atoms with Crippen LogP contribution in [-0.2, 0) is 6.42 Å². The van der Waals surface area contributed by atoms with Gasteiger partial charge in [-0.05, 0) is 53.0 Å². The van der Waals surface area contributed by atoms with Gasteiger partial charge in [0.05, 0.1) is 10.6 Å². The van der Waals surface area contributed by atoms with Gasteiger partial charge in [0.2, 0.25) is 0 Å². The molecule has 0 aliphatic heterocycles. The summed E-state index contributed by atoms with van der Waals surface area (Å²) < 4.78 is 1.35. The Morgan fingerprint density at radius 1 is 1.17 bits per heavy atom. The Kier molecular flexibility index (Phi) is 4.63. The third-order valence-corrected chi connectivity index (χ3v) is 5.74. The fourth-order valence-electron chi connectivity index (χ4n) is 2.93. The fourth-order valence-corrected chi connectivity index (χ4v) is 4.21. The van der Waals surface area contributed by atoms with Crippen LogP contribution in [0.25, 0.3) is 20.7 Å². The Hall–Kier alpha value is -1.93. The van der Waals surface area contributed by atoms with Gasteiger partial charge in [0.15, 0.2) is 0 Å². The highest BCUT2D eigenvalue weighted by molar-refractivity contribution is 7.22. The quantitative estimate of drug-likeness (QED) is 0.492. The van der Waals surface area contributed by atoms with E-state index in [1.165, 1.54) is 26.1 Å². The SMILES string of the molecule is C=CCc1ccnc(-c2sc3ccccc3c2C(C)C(C)C)c1. The predicted octanol–water partition coefficient (Wildman–Crippen LogP) is 6.45. The molecule has 1 unspecified atom stereocenters. The normalized spacial score (nSPS) is 12.7. The van der Waals surface area contributed by atoms with Gasteiger partial charge < -0.3 is 0 Å². The topological polar surface area (TPSA) is 12.9 Å². The number of hydrogen-bond acceptors (Lipinski definition) is 2. The summed E-state index contributed by atoms with van der Waals surface area (Å²) in [5, 5.41) is 1.38. The van der Waals surface area contributed by atoms with Crippen LogP contribution in [-0.4, -0.2) is 4.98 Å². The summed E-state index contributed by atoms with van der Waals surface area (Å²) in [5.41, 5.74) is 3.81. The zero-order valence-corrected chi connectivity index (χ0v) is 14.9. The number of rotatable bonds is 5. The minimum Gasteiger partial charge on any atom is -0.255 e. The molecule has 0 amide bonds. The van der Waals surface area contributed by atoms with Crippen molar-refractivity contribution in [3.05, 3.63) is 66.4 Å². The number of aromatic nitrogens is 1. The number of benzene rings is 1. The van der Waals surface area contributed by atoms with Crippen molar-refractivity contribution in [1.29, 1.82) is 0 Å². The number of pyridine rings is 1. The van der Waals surface area contributed by atoms with E-state index in [9.17, 15) is 0 Å². The first-order chi connectivity index (χ1) is 11.1. The Morgan fingerprint density at radius 3 is 2.70 bits per heavy atom. The highest BCUT2D eigenvalue weighted by Crippen LogP contribution is 2.43. The van der Waals surface area contributed by atoms with Crippen LogP contribution in [0.3, 0.4) is 0 Å². The molecule has 3 rings (SSSR count). The summed E-state index contributed by atoms with van der Waals surface area (Å²) in [6, 6.07) is 13.0. The van der Waals surface area contributed by atoms with Crippen molar-refractivity contribution in [3.63, 3.8) is 0 Å². The van der Waals surface area contributed by atoms with Gasteiger partial charge in [-0.25, -0.2) is 0 Å². The van der Waals surface area contributed by atoms with Crippen molar-refractivity contribution in [1.82, 2.24) is 4.98 Å². The second-order valence-corrected chi connectivity index (χ2v) is 7.47. The van der Waals surface area contributed by atoms with E-state index in [0.29, 0.717) is 11.8 Å². The summed E-state index contributed by atoms with van der Waals surface area (Å²) in [6.45, 7) is 10.8.